The number of fused-ring (bicyclic) bond motifs is 3. The maximum Gasteiger partial charge on any atom is 0.410 e. The molecule has 0 spiro atoms. The minimum atomic E-state index is -0.500. The van der Waals surface area contributed by atoms with E-state index in [0.29, 0.717) is 11.4 Å². The first-order chi connectivity index (χ1) is 12.8. The highest BCUT2D eigenvalue weighted by molar-refractivity contribution is 5.73. The number of rotatable bonds is 2. The van der Waals surface area contributed by atoms with E-state index in [4.69, 9.17) is 9.47 Å². The zero-order valence-electron chi connectivity index (χ0n) is 15.8. The number of hydrogen-bond acceptors (Lipinski definition) is 6. The van der Waals surface area contributed by atoms with E-state index in [2.05, 4.69) is 15.0 Å². The van der Waals surface area contributed by atoms with Crippen molar-refractivity contribution in [2.45, 2.75) is 70.2 Å². The average molecular weight is 372 g/mol. The predicted molar refractivity (Wildman–Crippen MR) is 98.7 cm³/mol. The molecule has 2 aliphatic heterocycles. The van der Waals surface area contributed by atoms with E-state index in [-0.39, 0.29) is 35.4 Å². The van der Waals surface area contributed by atoms with Gasteiger partial charge in [0.1, 0.15) is 11.7 Å². The van der Waals surface area contributed by atoms with Gasteiger partial charge in [-0.3, -0.25) is 4.79 Å². The van der Waals surface area contributed by atoms with Crippen LogP contribution in [-0.4, -0.2) is 49.7 Å². The molecule has 2 aromatic heterocycles. The van der Waals surface area contributed by atoms with Crippen molar-refractivity contribution in [3.8, 4) is 5.88 Å². The van der Waals surface area contributed by atoms with Crippen molar-refractivity contribution >= 4 is 17.1 Å². The third-order valence-electron chi connectivity index (χ3n) is 5.04. The van der Waals surface area contributed by atoms with Gasteiger partial charge in [0.15, 0.2) is 5.52 Å². The van der Waals surface area contributed by atoms with Crippen LogP contribution < -0.4 is 10.3 Å². The number of carbonyl (C=O) groups excluding carboxylic acids is 1. The van der Waals surface area contributed by atoms with Crippen LogP contribution >= 0.6 is 0 Å². The van der Waals surface area contributed by atoms with Crippen LogP contribution in [0, 0.1) is 0 Å². The van der Waals surface area contributed by atoms with Gasteiger partial charge in [-0.1, -0.05) is 0 Å². The van der Waals surface area contributed by atoms with E-state index in [9.17, 15) is 9.59 Å². The molecule has 0 aliphatic carbocycles. The quantitative estimate of drug-likeness (QED) is 0.870. The normalized spacial score (nSPS) is 24.9. The molecule has 27 heavy (non-hydrogen) atoms. The number of ether oxygens (including phenoxy) is 2. The lowest BCUT2D eigenvalue weighted by atomic mass is 10.0. The summed E-state index contributed by atoms with van der Waals surface area (Å²) < 4.78 is 11.6. The van der Waals surface area contributed by atoms with Gasteiger partial charge in [-0.05, 0) is 39.7 Å². The second-order valence-electron chi connectivity index (χ2n) is 8.23. The molecule has 4 heterocycles. The molecule has 2 aliphatic rings. The first kappa shape index (κ1) is 17.8. The Morgan fingerprint density at radius 2 is 1.93 bits per heavy atom. The van der Waals surface area contributed by atoms with Crippen LogP contribution in [-0.2, 0) is 4.74 Å². The van der Waals surface area contributed by atoms with Gasteiger partial charge >= 0.3 is 6.09 Å². The standard InChI is InChI=1S/C19H24N4O4/c1-19(2,3)27-18(25)23-11-4-5-12(23)9-13(8-11)26-15-7-6-14-16(22-15)17(24)21-10-20-14/h6-7,10-13H,4-5,8-9H2,1-3H3,(H,20,21,24)/t11-,12+,13?. The third kappa shape index (κ3) is 3.61. The molecule has 1 unspecified atom stereocenters. The van der Waals surface area contributed by atoms with Gasteiger partial charge in [-0.15, -0.1) is 0 Å². The van der Waals surface area contributed by atoms with Crippen LogP contribution in [0.5, 0.6) is 5.88 Å². The largest absolute Gasteiger partial charge is 0.474 e. The molecule has 2 fully saturated rings. The van der Waals surface area contributed by atoms with E-state index in [1.807, 2.05) is 25.7 Å². The van der Waals surface area contributed by atoms with Gasteiger partial charge in [0, 0.05) is 31.0 Å². The minimum Gasteiger partial charge on any atom is -0.474 e. The average Bonchev–Trinajstić information content (AvgIpc) is 2.86. The molecule has 2 bridgehead atoms. The van der Waals surface area contributed by atoms with Crippen molar-refractivity contribution in [2.75, 3.05) is 0 Å². The van der Waals surface area contributed by atoms with Gasteiger partial charge < -0.3 is 19.4 Å². The van der Waals surface area contributed by atoms with E-state index >= 15 is 0 Å². The Kier molecular flexibility index (Phi) is 4.28. The van der Waals surface area contributed by atoms with Crippen molar-refractivity contribution in [1.82, 2.24) is 19.9 Å². The molecular weight excluding hydrogens is 348 g/mol. The fourth-order valence-corrected chi connectivity index (χ4v) is 4.01. The maximum atomic E-state index is 12.5. The first-order valence-electron chi connectivity index (χ1n) is 9.32. The highest BCUT2D eigenvalue weighted by atomic mass is 16.6. The number of carbonyl (C=O) groups is 1. The summed E-state index contributed by atoms with van der Waals surface area (Å²) in [5.74, 6) is 0.413. The van der Waals surface area contributed by atoms with Gasteiger partial charge in [0.05, 0.1) is 11.8 Å². The predicted octanol–water partition coefficient (Wildman–Crippen LogP) is 2.63. The summed E-state index contributed by atoms with van der Waals surface area (Å²) in [7, 11) is 0. The zero-order chi connectivity index (χ0) is 19.2. The summed E-state index contributed by atoms with van der Waals surface area (Å²) in [4.78, 5) is 37.2. The molecule has 0 aromatic carbocycles. The van der Waals surface area contributed by atoms with E-state index in [1.165, 1.54) is 6.33 Å². The second-order valence-corrected chi connectivity index (χ2v) is 8.23. The Morgan fingerprint density at radius 3 is 2.59 bits per heavy atom. The maximum absolute atomic E-state index is 12.5. The Labute approximate surface area is 156 Å². The number of aromatic amines is 1. The number of H-pyrrole nitrogens is 1. The zero-order valence-corrected chi connectivity index (χ0v) is 15.8. The van der Waals surface area contributed by atoms with Gasteiger partial charge in [-0.2, -0.15) is 0 Å². The van der Waals surface area contributed by atoms with E-state index in [1.54, 1.807) is 12.1 Å². The number of amides is 1. The molecular formula is C19H24N4O4. The lowest BCUT2D eigenvalue weighted by molar-refractivity contribution is -0.00755. The number of nitrogens with zero attached hydrogens (tertiary/aromatic N) is 3. The van der Waals surface area contributed by atoms with Crippen molar-refractivity contribution < 1.29 is 14.3 Å². The Balaban J connectivity index is 1.47. The summed E-state index contributed by atoms with van der Waals surface area (Å²) in [6.45, 7) is 5.64. The fraction of sp³-hybridized carbons (Fsp3) is 0.579. The molecule has 1 amide bonds. The highest BCUT2D eigenvalue weighted by Crippen LogP contribution is 2.38. The second kappa shape index (κ2) is 6.51. The summed E-state index contributed by atoms with van der Waals surface area (Å²) in [5.41, 5.74) is 0.0142. The number of pyridine rings is 1. The molecule has 4 rings (SSSR count). The van der Waals surface area contributed by atoms with Gasteiger partial charge in [0.2, 0.25) is 5.88 Å². The molecule has 2 aromatic rings. The Morgan fingerprint density at radius 1 is 1.22 bits per heavy atom. The molecule has 2 saturated heterocycles. The van der Waals surface area contributed by atoms with Crippen LogP contribution in [0.15, 0.2) is 23.3 Å². The van der Waals surface area contributed by atoms with Crippen molar-refractivity contribution in [2.24, 2.45) is 0 Å². The molecule has 8 heteroatoms. The van der Waals surface area contributed by atoms with Crippen LogP contribution in [0.25, 0.3) is 11.0 Å². The third-order valence-corrected chi connectivity index (χ3v) is 5.04. The lowest BCUT2D eigenvalue weighted by Gasteiger charge is -2.39. The Bertz CT molecular complexity index is 906. The first-order valence-corrected chi connectivity index (χ1v) is 9.32. The summed E-state index contributed by atoms with van der Waals surface area (Å²) >= 11 is 0. The SMILES string of the molecule is CC(C)(C)OC(=O)N1[C@@H]2CC[C@H]1CC(Oc1ccc3nc[nH]c(=O)c3n1)C2. The summed E-state index contributed by atoms with van der Waals surface area (Å²) in [6, 6.07) is 3.71. The van der Waals surface area contributed by atoms with Crippen LogP contribution in [0.1, 0.15) is 46.5 Å². The van der Waals surface area contributed by atoms with Crippen molar-refractivity contribution in [3.63, 3.8) is 0 Å². The van der Waals surface area contributed by atoms with E-state index in [0.717, 1.165) is 25.7 Å². The summed E-state index contributed by atoms with van der Waals surface area (Å²) in [6.07, 6.45) is 4.46. The van der Waals surface area contributed by atoms with Crippen LogP contribution in [0.3, 0.4) is 0 Å². The molecule has 0 radical (unpaired) electrons. The molecule has 8 nitrogen and oxygen atoms in total. The van der Waals surface area contributed by atoms with Crippen LogP contribution in [0.2, 0.25) is 0 Å². The number of piperidine rings is 1. The summed E-state index contributed by atoms with van der Waals surface area (Å²) in [5, 5.41) is 0. The molecule has 144 valence electrons. The fourth-order valence-electron chi connectivity index (χ4n) is 4.01. The highest BCUT2D eigenvalue weighted by Gasteiger charge is 2.45. The molecule has 1 N–H and O–H groups in total. The van der Waals surface area contributed by atoms with Crippen molar-refractivity contribution in [1.29, 1.82) is 0 Å². The van der Waals surface area contributed by atoms with Crippen molar-refractivity contribution in [3.05, 3.63) is 28.8 Å². The van der Waals surface area contributed by atoms with Gasteiger partial charge in [0.25, 0.3) is 5.56 Å². The number of aromatic nitrogens is 3. The monoisotopic (exact) mass is 372 g/mol. The Hall–Kier alpha value is -2.64. The number of hydrogen-bond donors (Lipinski definition) is 1. The molecule has 0 saturated carbocycles. The topological polar surface area (TPSA) is 97.4 Å². The van der Waals surface area contributed by atoms with Gasteiger partial charge in [-0.25, -0.2) is 14.8 Å². The molecule has 3 atom stereocenters. The number of nitrogens with one attached hydrogen (secondary N) is 1. The minimum absolute atomic E-state index is 0.0399. The van der Waals surface area contributed by atoms with Crippen LogP contribution in [0.4, 0.5) is 4.79 Å². The lowest BCUT2D eigenvalue weighted by Crippen LogP contribution is -2.50. The smallest absolute Gasteiger partial charge is 0.410 e. The van der Waals surface area contributed by atoms with E-state index < -0.39 is 5.60 Å².